The van der Waals surface area contributed by atoms with Gasteiger partial charge in [-0.05, 0) is 75.9 Å². The molecule has 0 heterocycles. The first kappa shape index (κ1) is 28.9. The summed E-state index contributed by atoms with van der Waals surface area (Å²) in [5.41, 5.74) is 7.62. The first-order chi connectivity index (χ1) is 15.6. The van der Waals surface area contributed by atoms with Crippen LogP contribution in [0.2, 0.25) is 0 Å². The Morgan fingerprint density at radius 1 is 0.758 bits per heavy atom. The second-order valence-corrected chi connectivity index (χ2v) is 8.48. The van der Waals surface area contributed by atoms with E-state index >= 15 is 0 Å². The van der Waals surface area contributed by atoms with Gasteiger partial charge in [-0.25, -0.2) is 4.99 Å². The van der Waals surface area contributed by atoms with Gasteiger partial charge in [0.1, 0.15) is 0 Å². The van der Waals surface area contributed by atoms with E-state index in [2.05, 4.69) is 81.7 Å². The van der Waals surface area contributed by atoms with Crippen molar-refractivity contribution in [2.45, 2.75) is 79.6 Å². The van der Waals surface area contributed by atoms with Crippen molar-refractivity contribution in [3.63, 3.8) is 0 Å². The number of aliphatic imine (C=N–C) groups is 2. The van der Waals surface area contributed by atoms with Crippen LogP contribution in [0.5, 0.6) is 0 Å². The number of anilines is 2. The van der Waals surface area contributed by atoms with E-state index in [1.165, 1.54) is 43.2 Å². The van der Waals surface area contributed by atoms with Crippen molar-refractivity contribution >= 4 is 34.7 Å². The summed E-state index contributed by atoms with van der Waals surface area (Å²) in [5, 5.41) is 6.89. The fraction of sp³-hybridized carbons (Fsp3) is 0.500. The minimum Gasteiger partial charge on any atom is -0.384 e. The normalized spacial score (nSPS) is 11.5. The summed E-state index contributed by atoms with van der Waals surface area (Å²) >= 11 is 0. The maximum Gasteiger partial charge on any atom is 0.0865 e. The van der Waals surface area contributed by atoms with Crippen molar-refractivity contribution in [2.24, 2.45) is 9.98 Å². The van der Waals surface area contributed by atoms with Gasteiger partial charge in [0.25, 0.3) is 0 Å². The Hall–Kier alpha value is -2.13. The van der Waals surface area contributed by atoms with Crippen LogP contribution < -0.4 is 10.6 Å². The summed E-state index contributed by atoms with van der Waals surface area (Å²) < 4.78 is 0. The molecule has 2 rings (SSSR count). The zero-order chi connectivity index (χ0) is 23.2. The second-order valence-electron chi connectivity index (χ2n) is 8.48. The van der Waals surface area contributed by atoms with Crippen molar-refractivity contribution in [3.8, 4) is 0 Å². The van der Waals surface area contributed by atoms with Gasteiger partial charge in [0.05, 0.1) is 28.5 Å². The predicted molar refractivity (Wildman–Crippen MR) is 144 cm³/mol. The number of hydrogen-bond acceptors (Lipinski definition) is 4. The fourth-order valence-corrected chi connectivity index (χ4v) is 3.71. The van der Waals surface area contributed by atoms with Crippen LogP contribution in [0.15, 0.2) is 46.4 Å². The smallest absolute Gasteiger partial charge is 0.0865 e. The zero-order valence-electron chi connectivity index (χ0n) is 21.1. The minimum atomic E-state index is 0. The zero-order valence-corrected chi connectivity index (χ0v) is 22.1. The third-order valence-electron chi connectivity index (χ3n) is 5.44. The van der Waals surface area contributed by atoms with Crippen molar-refractivity contribution in [1.82, 2.24) is 0 Å². The molecule has 0 radical (unpaired) electrons. The molecule has 0 saturated carbocycles. The number of unbranched alkanes of at least 4 members (excludes halogenated alkanes) is 5. The molecular formula is C28H42N4Ni. The molecule has 5 heteroatoms. The van der Waals surface area contributed by atoms with E-state index in [-0.39, 0.29) is 16.5 Å². The average molecular weight is 493 g/mol. The Bertz CT molecular complexity index is 889. The van der Waals surface area contributed by atoms with Gasteiger partial charge >= 0.3 is 0 Å². The van der Waals surface area contributed by atoms with Crippen LogP contribution in [0.25, 0.3) is 0 Å². The first-order valence-corrected chi connectivity index (χ1v) is 12.4. The predicted octanol–water partition coefficient (Wildman–Crippen LogP) is 8.39. The number of hydrogen-bond donors (Lipinski definition) is 2. The maximum atomic E-state index is 5.04. The number of benzene rings is 2. The summed E-state index contributed by atoms with van der Waals surface area (Å²) in [7, 11) is 0. The molecule has 0 aliphatic heterocycles. The van der Waals surface area contributed by atoms with E-state index < -0.39 is 0 Å². The monoisotopic (exact) mass is 492 g/mol. The summed E-state index contributed by atoms with van der Waals surface area (Å²) in [4.78, 5) is 9.89. The average Bonchev–Trinajstić information content (AvgIpc) is 2.77. The molecule has 0 aliphatic carbocycles. The largest absolute Gasteiger partial charge is 0.384 e. The Balaban J connectivity index is 0.00000544. The van der Waals surface area contributed by atoms with Crippen LogP contribution in [-0.2, 0) is 16.5 Å². The van der Waals surface area contributed by atoms with Gasteiger partial charge in [0, 0.05) is 35.8 Å². The molecule has 2 N–H and O–H groups in total. The number of nitrogens with zero attached hydrogens (tertiary/aromatic N) is 2. The summed E-state index contributed by atoms with van der Waals surface area (Å²) in [5.74, 6) is 0. The van der Waals surface area contributed by atoms with Crippen LogP contribution in [0.3, 0.4) is 0 Å². The van der Waals surface area contributed by atoms with Gasteiger partial charge < -0.3 is 10.6 Å². The third-order valence-corrected chi connectivity index (χ3v) is 5.44. The van der Waals surface area contributed by atoms with Crippen LogP contribution in [-0.4, -0.2) is 25.0 Å². The molecule has 0 aliphatic rings. The van der Waals surface area contributed by atoms with Crippen LogP contribution in [0.1, 0.15) is 76.8 Å². The molecule has 0 bridgehead atoms. The molecule has 0 saturated heterocycles. The van der Waals surface area contributed by atoms with Gasteiger partial charge in [-0.15, -0.1) is 0 Å². The SMILES string of the molecule is CCCCCCCCC(C=Nc1ccc(C)cc1NCC)=Nc1ccc(C)cc1NCC.[Ni]. The van der Waals surface area contributed by atoms with E-state index in [9.17, 15) is 0 Å². The number of nitrogens with one attached hydrogen (secondary N) is 2. The van der Waals surface area contributed by atoms with Crippen molar-refractivity contribution in [2.75, 3.05) is 23.7 Å². The Morgan fingerprint density at radius 3 is 1.91 bits per heavy atom. The molecule has 4 nitrogen and oxygen atoms in total. The fourth-order valence-electron chi connectivity index (χ4n) is 3.71. The van der Waals surface area contributed by atoms with Crippen LogP contribution in [0, 0.1) is 13.8 Å². The standard InChI is InChI=1S/C28H42N4.Ni/c1-6-9-10-11-12-13-14-24(32-26-18-16-23(5)20-28(26)30-8-3)21-31-25-17-15-22(4)19-27(25)29-7-2;/h15-21,29-30H,6-14H2,1-5H3;. The number of rotatable bonds is 14. The van der Waals surface area contributed by atoms with Crippen molar-refractivity contribution in [1.29, 1.82) is 0 Å². The van der Waals surface area contributed by atoms with E-state index in [0.717, 1.165) is 54.4 Å². The van der Waals surface area contributed by atoms with E-state index in [1.807, 2.05) is 6.21 Å². The third kappa shape index (κ3) is 10.6. The van der Waals surface area contributed by atoms with Gasteiger partial charge in [0.15, 0.2) is 0 Å². The summed E-state index contributed by atoms with van der Waals surface area (Å²) in [6.45, 7) is 12.5. The van der Waals surface area contributed by atoms with E-state index in [1.54, 1.807) is 0 Å². The molecular weight excluding hydrogens is 451 g/mol. The Kier molecular flexibility index (Phi) is 14.4. The maximum absolute atomic E-state index is 5.04. The first-order valence-electron chi connectivity index (χ1n) is 12.4. The van der Waals surface area contributed by atoms with Crippen molar-refractivity contribution in [3.05, 3.63) is 47.5 Å². The molecule has 0 fully saturated rings. The van der Waals surface area contributed by atoms with E-state index in [4.69, 9.17) is 9.98 Å². The van der Waals surface area contributed by atoms with E-state index in [0.29, 0.717) is 0 Å². The molecule has 33 heavy (non-hydrogen) atoms. The molecule has 0 spiro atoms. The second kappa shape index (κ2) is 16.5. The molecule has 2 aromatic carbocycles. The summed E-state index contributed by atoms with van der Waals surface area (Å²) in [6, 6.07) is 12.8. The molecule has 0 unspecified atom stereocenters. The van der Waals surface area contributed by atoms with Crippen molar-refractivity contribution < 1.29 is 16.5 Å². The molecule has 0 amide bonds. The molecule has 0 atom stereocenters. The van der Waals surface area contributed by atoms with Gasteiger partial charge in [-0.1, -0.05) is 51.2 Å². The van der Waals surface area contributed by atoms with Gasteiger partial charge in [0.2, 0.25) is 0 Å². The van der Waals surface area contributed by atoms with Gasteiger partial charge in [-0.2, -0.15) is 0 Å². The molecule has 184 valence electrons. The van der Waals surface area contributed by atoms with Gasteiger partial charge in [-0.3, -0.25) is 4.99 Å². The Labute approximate surface area is 211 Å². The minimum absolute atomic E-state index is 0. The summed E-state index contributed by atoms with van der Waals surface area (Å²) in [6.07, 6.45) is 10.5. The molecule has 2 aromatic rings. The quantitative estimate of drug-likeness (QED) is 0.158. The molecule has 0 aromatic heterocycles. The van der Waals surface area contributed by atoms with Crippen LogP contribution in [0.4, 0.5) is 22.7 Å². The topological polar surface area (TPSA) is 48.8 Å². The Morgan fingerprint density at radius 2 is 1.30 bits per heavy atom. The number of aryl methyl sites for hydroxylation is 2. The van der Waals surface area contributed by atoms with Crippen LogP contribution >= 0.6 is 0 Å².